The first kappa shape index (κ1) is 11.6. The summed E-state index contributed by atoms with van der Waals surface area (Å²) in [5.41, 5.74) is 0.376. The monoisotopic (exact) mass is 210 g/mol. The van der Waals surface area contributed by atoms with Crippen LogP contribution in [0, 0.1) is 11.6 Å². The average molecular weight is 210 g/mol. The van der Waals surface area contributed by atoms with Crippen LogP contribution in [-0.2, 0) is 11.2 Å². The van der Waals surface area contributed by atoms with Crippen LogP contribution in [0.2, 0.25) is 0 Å². The van der Waals surface area contributed by atoms with Crippen LogP contribution >= 0.6 is 0 Å². The summed E-state index contributed by atoms with van der Waals surface area (Å²) in [5, 5.41) is 0. The highest BCUT2D eigenvalue weighted by Gasteiger charge is 2.05. The summed E-state index contributed by atoms with van der Waals surface area (Å²) in [6.07, 6.45) is 2.67. The predicted octanol–water partition coefficient (Wildman–Crippen LogP) is 3.04. The molecule has 0 bridgehead atoms. The van der Waals surface area contributed by atoms with E-state index in [1.54, 1.807) is 6.08 Å². The molecule has 0 saturated carbocycles. The zero-order valence-corrected chi connectivity index (χ0v) is 8.30. The number of Topliss-reactive ketones (excluding diaryl/α,β-unsaturated/α-hetero) is 1. The van der Waals surface area contributed by atoms with E-state index in [0.29, 0.717) is 18.4 Å². The topological polar surface area (TPSA) is 17.1 Å². The Labute approximate surface area is 87.4 Å². The Morgan fingerprint density at radius 1 is 1.27 bits per heavy atom. The van der Waals surface area contributed by atoms with Crippen molar-refractivity contribution in [2.75, 3.05) is 0 Å². The fourth-order valence-corrected chi connectivity index (χ4v) is 1.29. The summed E-state index contributed by atoms with van der Waals surface area (Å²) >= 11 is 0. The Hall–Kier alpha value is -1.51. The second-order valence-electron chi connectivity index (χ2n) is 3.32. The third-order valence-electron chi connectivity index (χ3n) is 1.95. The van der Waals surface area contributed by atoms with E-state index in [1.807, 2.05) is 0 Å². The Morgan fingerprint density at radius 2 is 1.87 bits per heavy atom. The molecule has 0 aromatic heterocycles. The number of hydrogen-bond acceptors (Lipinski definition) is 1. The molecular formula is C12H12F2O. The van der Waals surface area contributed by atoms with Gasteiger partial charge < -0.3 is 0 Å². The Bertz CT molecular complexity index is 352. The maximum Gasteiger partial charge on any atom is 0.137 e. The molecule has 0 aliphatic rings. The molecule has 1 aromatic rings. The van der Waals surface area contributed by atoms with Crippen LogP contribution in [0.4, 0.5) is 8.78 Å². The summed E-state index contributed by atoms with van der Waals surface area (Å²) in [7, 11) is 0. The van der Waals surface area contributed by atoms with Gasteiger partial charge in [0.2, 0.25) is 0 Å². The molecule has 0 fully saturated rings. The quantitative estimate of drug-likeness (QED) is 0.682. The van der Waals surface area contributed by atoms with E-state index in [2.05, 4.69) is 6.58 Å². The molecule has 1 rings (SSSR count). The van der Waals surface area contributed by atoms with Gasteiger partial charge in [0.05, 0.1) is 0 Å². The van der Waals surface area contributed by atoms with Crippen molar-refractivity contribution in [1.82, 2.24) is 0 Å². The minimum Gasteiger partial charge on any atom is -0.299 e. The van der Waals surface area contributed by atoms with Crippen LogP contribution in [-0.4, -0.2) is 5.78 Å². The normalized spacial score (nSPS) is 10.0. The third-order valence-corrected chi connectivity index (χ3v) is 1.95. The molecule has 0 N–H and O–H groups in total. The van der Waals surface area contributed by atoms with Crippen LogP contribution in [0.25, 0.3) is 0 Å². The summed E-state index contributed by atoms with van der Waals surface area (Å²) in [6, 6.07) is 3.14. The molecule has 0 atom stereocenters. The van der Waals surface area contributed by atoms with E-state index < -0.39 is 11.6 Å². The SMILES string of the molecule is C=CCCC(=O)Cc1cc(F)cc(F)c1. The highest BCUT2D eigenvalue weighted by atomic mass is 19.1. The highest BCUT2D eigenvalue weighted by Crippen LogP contribution is 2.10. The van der Waals surface area contributed by atoms with Gasteiger partial charge in [-0.15, -0.1) is 6.58 Å². The number of benzene rings is 1. The molecule has 0 aliphatic carbocycles. The lowest BCUT2D eigenvalue weighted by atomic mass is 10.1. The summed E-state index contributed by atoms with van der Waals surface area (Å²) < 4.78 is 25.5. The summed E-state index contributed by atoms with van der Waals surface area (Å²) in [6.45, 7) is 3.50. The van der Waals surface area contributed by atoms with Gasteiger partial charge >= 0.3 is 0 Å². The van der Waals surface area contributed by atoms with Gasteiger partial charge in [-0.05, 0) is 24.1 Å². The second-order valence-corrected chi connectivity index (χ2v) is 3.32. The van der Waals surface area contributed by atoms with E-state index in [9.17, 15) is 13.6 Å². The van der Waals surface area contributed by atoms with Crippen molar-refractivity contribution in [3.63, 3.8) is 0 Å². The lowest BCUT2D eigenvalue weighted by molar-refractivity contribution is -0.118. The van der Waals surface area contributed by atoms with Gasteiger partial charge in [-0.3, -0.25) is 4.79 Å². The average Bonchev–Trinajstić information content (AvgIpc) is 2.13. The van der Waals surface area contributed by atoms with Crippen molar-refractivity contribution in [1.29, 1.82) is 0 Å². The van der Waals surface area contributed by atoms with E-state index in [4.69, 9.17) is 0 Å². The molecule has 1 aromatic carbocycles. The molecule has 0 radical (unpaired) electrons. The first-order valence-corrected chi connectivity index (χ1v) is 4.69. The molecule has 15 heavy (non-hydrogen) atoms. The number of carbonyl (C=O) groups excluding carboxylic acids is 1. The molecule has 80 valence electrons. The molecular weight excluding hydrogens is 198 g/mol. The molecule has 0 saturated heterocycles. The summed E-state index contributed by atoms with van der Waals surface area (Å²) in [4.78, 5) is 11.3. The van der Waals surface area contributed by atoms with E-state index in [-0.39, 0.29) is 12.2 Å². The minimum absolute atomic E-state index is 0.0418. The largest absolute Gasteiger partial charge is 0.299 e. The van der Waals surface area contributed by atoms with Crippen LogP contribution < -0.4 is 0 Å². The Balaban J connectivity index is 2.63. The number of hydrogen-bond donors (Lipinski definition) is 0. The van der Waals surface area contributed by atoms with Gasteiger partial charge in [-0.25, -0.2) is 8.78 Å². The van der Waals surface area contributed by atoms with Gasteiger partial charge in [0.25, 0.3) is 0 Å². The second kappa shape index (κ2) is 5.39. The number of carbonyl (C=O) groups is 1. The Kier molecular flexibility index (Phi) is 4.16. The van der Waals surface area contributed by atoms with E-state index in [1.165, 1.54) is 12.1 Å². The van der Waals surface area contributed by atoms with Crippen LogP contribution in [0.3, 0.4) is 0 Å². The van der Waals surface area contributed by atoms with Crippen molar-refractivity contribution in [2.24, 2.45) is 0 Å². The van der Waals surface area contributed by atoms with Crippen molar-refractivity contribution < 1.29 is 13.6 Å². The highest BCUT2D eigenvalue weighted by molar-refractivity contribution is 5.80. The molecule has 3 heteroatoms. The number of ketones is 1. The van der Waals surface area contributed by atoms with E-state index in [0.717, 1.165) is 6.07 Å². The first-order chi connectivity index (χ1) is 7.11. The summed E-state index contributed by atoms with van der Waals surface area (Å²) in [5.74, 6) is -1.34. The molecule has 0 spiro atoms. The van der Waals surface area contributed by atoms with Crippen molar-refractivity contribution in [2.45, 2.75) is 19.3 Å². The fourth-order valence-electron chi connectivity index (χ4n) is 1.29. The van der Waals surface area contributed by atoms with Gasteiger partial charge in [-0.2, -0.15) is 0 Å². The zero-order valence-electron chi connectivity index (χ0n) is 8.30. The van der Waals surface area contributed by atoms with Crippen LogP contribution in [0.1, 0.15) is 18.4 Å². The fraction of sp³-hybridized carbons (Fsp3) is 0.250. The number of halogens is 2. The maximum absolute atomic E-state index is 12.8. The van der Waals surface area contributed by atoms with Gasteiger partial charge in [-0.1, -0.05) is 6.08 Å². The molecule has 0 unspecified atom stereocenters. The lowest BCUT2D eigenvalue weighted by Crippen LogP contribution is -2.02. The Morgan fingerprint density at radius 3 is 2.40 bits per heavy atom. The smallest absolute Gasteiger partial charge is 0.137 e. The maximum atomic E-state index is 12.8. The molecule has 0 heterocycles. The zero-order chi connectivity index (χ0) is 11.3. The predicted molar refractivity (Wildman–Crippen MR) is 54.5 cm³/mol. The van der Waals surface area contributed by atoms with Crippen LogP contribution in [0.5, 0.6) is 0 Å². The van der Waals surface area contributed by atoms with Gasteiger partial charge in [0.15, 0.2) is 0 Å². The van der Waals surface area contributed by atoms with Crippen LogP contribution in [0.15, 0.2) is 30.9 Å². The van der Waals surface area contributed by atoms with Crippen molar-refractivity contribution >= 4 is 5.78 Å². The third kappa shape index (κ3) is 4.02. The number of allylic oxidation sites excluding steroid dienone is 1. The first-order valence-electron chi connectivity index (χ1n) is 4.69. The van der Waals surface area contributed by atoms with Crippen molar-refractivity contribution in [3.05, 3.63) is 48.1 Å². The van der Waals surface area contributed by atoms with Gasteiger partial charge in [0, 0.05) is 18.9 Å². The molecule has 0 amide bonds. The van der Waals surface area contributed by atoms with Gasteiger partial charge in [0.1, 0.15) is 17.4 Å². The minimum atomic E-state index is -0.651. The molecule has 1 nitrogen and oxygen atoms in total. The van der Waals surface area contributed by atoms with E-state index >= 15 is 0 Å². The lowest BCUT2D eigenvalue weighted by Gasteiger charge is -2.00. The molecule has 0 aliphatic heterocycles. The van der Waals surface area contributed by atoms with Crippen molar-refractivity contribution in [3.8, 4) is 0 Å². The number of rotatable bonds is 5. The standard InChI is InChI=1S/C12H12F2O/c1-2-3-4-12(15)7-9-5-10(13)8-11(14)6-9/h2,5-6,8H,1,3-4,7H2.